The molecule has 0 aliphatic carbocycles. The van der Waals surface area contributed by atoms with Crippen molar-refractivity contribution in [2.24, 2.45) is 0 Å². The highest BCUT2D eigenvalue weighted by atomic mass is 35.5. The molecule has 20 heavy (non-hydrogen) atoms. The van der Waals surface area contributed by atoms with Crippen molar-refractivity contribution in [2.45, 2.75) is 44.3 Å². The van der Waals surface area contributed by atoms with E-state index >= 15 is 0 Å². The number of amides is 1. The molecule has 0 atom stereocenters. The average molecular weight is 312 g/mol. The van der Waals surface area contributed by atoms with E-state index in [4.69, 9.17) is 11.6 Å². The summed E-state index contributed by atoms with van der Waals surface area (Å²) < 4.78 is -0.228. The monoisotopic (exact) mass is 311 g/mol. The molecule has 1 saturated heterocycles. The molecule has 0 saturated carbocycles. The summed E-state index contributed by atoms with van der Waals surface area (Å²) in [5.74, 6) is 0. The molecule has 0 bridgehead atoms. The Morgan fingerprint density at radius 1 is 1.10 bits per heavy atom. The van der Waals surface area contributed by atoms with Gasteiger partial charge in [-0.2, -0.15) is 0 Å². The third kappa shape index (κ3) is 4.16. The van der Waals surface area contributed by atoms with Gasteiger partial charge in [0.15, 0.2) is 0 Å². The van der Waals surface area contributed by atoms with Crippen molar-refractivity contribution in [3.63, 3.8) is 0 Å². The summed E-state index contributed by atoms with van der Waals surface area (Å²) in [6, 6.07) is 7.78. The molecule has 4 heteroatoms. The number of hydrogen-bond donors (Lipinski definition) is 0. The number of carbonyl (C=O) groups excluding carboxylic acids is 1. The van der Waals surface area contributed by atoms with Crippen LogP contribution in [0, 0.1) is 0 Å². The number of thioether (sulfide) groups is 1. The van der Waals surface area contributed by atoms with Crippen LogP contribution in [0.25, 0.3) is 0 Å². The number of rotatable bonds is 2. The molecule has 0 aromatic heterocycles. The number of hydrogen-bond acceptors (Lipinski definition) is 2. The lowest BCUT2D eigenvalue weighted by molar-refractivity contribution is 0.225. The molecule has 0 unspecified atom stereocenters. The fourth-order valence-corrected chi connectivity index (χ4v) is 3.57. The minimum absolute atomic E-state index is 0.201. The maximum Gasteiger partial charge on any atom is 0.282 e. The SMILES string of the molecule is CC(C)(SC(=O)N1CCCCCC1)c1ccc(Cl)cc1. The van der Waals surface area contributed by atoms with E-state index in [2.05, 4.69) is 13.8 Å². The van der Waals surface area contributed by atoms with E-state index in [9.17, 15) is 4.79 Å². The summed E-state index contributed by atoms with van der Waals surface area (Å²) in [5, 5.41) is 0.931. The van der Waals surface area contributed by atoms with E-state index in [-0.39, 0.29) is 9.99 Å². The molecule has 1 aliphatic rings. The fraction of sp³-hybridized carbons (Fsp3) is 0.562. The maximum atomic E-state index is 12.5. The molecular weight excluding hydrogens is 290 g/mol. The normalized spacial score (nSPS) is 16.9. The molecule has 1 amide bonds. The zero-order valence-electron chi connectivity index (χ0n) is 12.2. The van der Waals surface area contributed by atoms with Crippen LogP contribution in [0.5, 0.6) is 0 Å². The summed E-state index contributed by atoms with van der Waals surface area (Å²) in [7, 11) is 0. The largest absolute Gasteiger partial charge is 0.334 e. The van der Waals surface area contributed by atoms with Crippen molar-refractivity contribution >= 4 is 28.6 Å². The Bertz CT molecular complexity index is 450. The van der Waals surface area contributed by atoms with Gasteiger partial charge in [0.2, 0.25) is 0 Å². The predicted molar refractivity (Wildman–Crippen MR) is 87.5 cm³/mol. The Balaban J connectivity index is 2.02. The van der Waals surface area contributed by atoms with E-state index in [0.717, 1.165) is 36.5 Å². The second kappa shape index (κ2) is 6.86. The Labute approximate surface area is 130 Å². The number of benzene rings is 1. The third-order valence-electron chi connectivity index (χ3n) is 3.75. The van der Waals surface area contributed by atoms with Crippen LogP contribution in [0.2, 0.25) is 5.02 Å². The molecule has 0 radical (unpaired) electrons. The van der Waals surface area contributed by atoms with Crippen molar-refractivity contribution in [2.75, 3.05) is 13.1 Å². The van der Waals surface area contributed by atoms with Gasteiger partial charge in [0.1, 0.15) is 0 Å². The van der Waals surface area contributed by atoms with Crippen LogP contribution in [-0.4, -0.2) is 23.2 Å². The van der Waals surface area contributed by atoms with Crippen molar-refractivity contribution in [1.29, 1.82) is 0 Å². The molecule has 0 N–H and O–H groups in total. The Morgan fingerprint density at radius 3 is 2.20 bits per heavy atom. The van der Waals surface area contributed by atoms with Crippen LogP contribution in [0.1, 0.15) is 45.1 Å². The molecule has 1 aromatic carbocycles. The number of nitrogens with zero attached hydrogens (tertiary/aromatic N) is 1. The maximum absolute atomic E-state index is 12.5. The van der Waals surface area contributed by atoms with Gasteiger partial charge in [0.25, 0.3) is 5.24 Å². The lowest BCUT2D eigenvalue weighted by Gasteiger charge is -2.28. The van der Waals surface area contributed by atoms with Gasteiger partial charge in [-0.25, -0.2) is 0 Å². The van der Waals surface area contributed by atoms with Crippen LogP contribution in [0.3, 0.4) is 0 Å². The topological polar surface area (TPSA) is 20.3 Å². The second-order valence-corrected chi connectivity index (χ2v) is 7.80. The van der Waals surface area contributed by atoms with Gasteiger partial charge in [-0.05, 0) is 44.4 Å². The standard InChI is InChI=1S/C16H22ClNOS/c1-16(2,13-7-9-14(17)10-8-13)20-15(19)18-11-5-3-4-6-12-18/h7-10H,3-6,11-12H2,1-2H3. The minimum Gasteiger partial charge on any atom is -0.334 e. The summed E-state index contributed by atoms with van der Waals surface area (Å²) in [5.41, 5.74) is 1.13. The van der Waals surface area contributed by atoms with E-state index in [0.29, 0.717) is 0 Å². The molecule has 2 rings (SSSR count). The van der Waals surface area contributed by atoms with Gasteiger partial charge < -0.3 is 4.90 Å². The third-order valence-corrected chi connectivity index (χ3v) is 5.18. The van der Waals surface area contributed by atoms with Crippen LogP contribution in [0.4, 0.5) is 4.79 Å². The smallest absolute Gasteiger partial charge is 0.282 e. The lowest BCUT2D eigenvalue weighted by atomic mass is 10.0. The molecular formula is C16H22ClNOS. The fourth-order valence-electron chi connectivity index (χ4n) is 2.45. The van der Waals surface area contributed by atoms with Gasteiger partial charge in [-0.1, -0.05) is 48.3 Å². The Kier molecular flexibility index (Phi) is 5.39. The molecule has 110 valence electrons. The first-order valence-electron chi connectivity index (χ1n) is 7.23. The summed E-state index contributed by atoms with van der Waals surface area (Å²) in [6.07, 6.45) is 4.76. The van der Waals surface area contributed by atoms with Gasteiger partial charge >= 0.3 is 0 Å². The second-order valence-electron chi connectivity index (χ2n) is 5.79. The van der Waals surface area contributed by atoms with Gasteiger partial charge in [0, 0.05) is 22.9 Å². The highest BCUT2D eigenvalue weighted by molar-refractivity contribution is 8.14. The molecule has 0 spiro atoms. The zero-order valence-corrected chi connectivity index (χ0v) is 13.8. The quantitative estimate of drug-likeness (QED) is 0.738. The van der Waals surface area contributed by atoms with Gasteiger partial charge in [-0.3, -0.25) is 4.79 Å². The van der Waals surface area contributed by atoms with E-state index in [1.54, 1.807) is 0 Å². The highest BCUT2D eigenvalue weighted by Gasteiger charge is 2.28. The van der Waals surface area contributed by atoms with Crippen molar-refractivity contribution in [3.05, 3.63) is 34.9 Å². The first kappa shape index (κ1) is 15.7. The highest BCUT2D eigenvalue weighted by Crippen LogP contribution is 2.37. The minimum atomic E-state index is -0.228. The number of carbonyl (C=O) groups is 1. The van der Waals surface area contributed by atoms with E-state index in [1.807, 2.05) is 29.2 Å². The summed E-state index contributed by atoms with van der Waals surface area (Å²) >= 11 is 7.35. The average Bonchev–Trinajstić information content (AvgIpc) is 2.67. The van der Waals surface area contributed by atoms with Gasteiger partial charge in [0.05, 0.1) is 0 Å². The van der Waals surface area contributed by atoms with E-state index in [1.165, 1.54) is 24.6 Å². The van der Waals surface area contributed by atoms with Crippen LogP contribution < -0.4 is 0 Å². The summed E-state index contributed by atoms with van der Waals surface area (Å²) in [4.78, 5) is 14.5. The van der Waals surface area contributed by atoms with Crippen LogP contribution >= 0.6 is 23.4 Å². The van der Waals surface area contributed by atoms with E-state index < -0.39 is 0 Å². The molecule has 2 nitrogen and oxygen atoms in total. The zero-order chi connectivity index (χ0) is 14.6. The molecule has 1 fully saturated rings. The van der Waals surface area contributed by atoms with Crippen molar-refractivity contribution < 1.29 is 4.79 Å². The van der Waals surface area contributed by atoms with Crippen molar-refractivity contribution in [1.82, 2.24) is 4.90 Å². The molecule has 1 aromatic rings. The predicted octanol–water partition coefficient (Wildman–Crippen LogP) is 5.30. The first-order chi connectivity index (χ1) is 9.49. The lowest BCUT2D eigenvalue weighted by Crippen LogP contribution is -2.31. The first-order valence-corrected chi connectivity index (χ1v) is 8.42. The number of likely N-dealkylation sites (tertiary alicyclic amines) is 1. The van der Waals surface area contributed by atoms with Crippen LogP contribution in [-0.2, 0) is 4.75 Å². The molecule has 1 heterocycles. The summed E-state index contributed by atoms with van der Waals surface area (Å²) in [6.45, 7) is 6.00. The number of halogens is 1. The van der Waals surface area contributed by atoms with Crippen LogP contribution in [0.15, 0.2) is 24.3 Å². The molecule has 1 aliphatic heterocycles. The Morgan fingerprint density at radius 2 is 1.65 bits per heavy atom. The van der Waals surface area contributed by atoms with Crippen molar-refractivity contribution in [3.8, 4) is 0 Å². The van der Waals surface area contributed by atoms with Gasteiger partial charge in [-0.15, -0.1) is 0 Å². The Hall–Kier alpha value is -0.670.